The highest BCUT2D eigenvalue weighted by Crippen LogP contribution is 2.09. The lowest BCUT2D eigenvalue weighted by Crippen LogP contribution is -2.34. The van der Waals surface area contributed by atoms with Crippen LogP contribution >= 0.6 is 15.9 Å². The van der Waals surface area contributed by atoms with Crippen molar-refractivity contribution >= 4 is 21.8 Å². The van der Waals surface area contributed by atoms with Gasteiger partial charge in [-0.2, -0.15) is 0 Å². The largest absolute Gasteiger partial charge is 0.383 e. The Balaban J connectivity index is 2.29. The number of methoxy groups -OCH3 is 1. The Bertz CT molecular complexity index is 387. The fraction of sp³-hybridized carbons (Fsp3) is 0.500. The van der Waals surface area contributed by atoms with Crippen molar-refractivity contribution in [2.75, 3.05) is 40.4 Å². The molecule has 1 N–H and O–H groups in total. The van der Waals surface area contributed by atoms with Crippen molar-refractivity contribution in [2.45, 2.75) is 0 Å². The molecule has 0 unspecified atom stereocenters. The maximum atomic E-state index is 11.8. The minimum absolute atomic E-state index is 0.107. The summed E-state index contributed by atoms with van der Waals surface area (Å²) in [4.78, 5) is 17.8. The molecule has 1 heterocycles. The molecule has 0 aliphatic carbocycles. The van der Waals surface area contributed by atoms with E-state index in [9.17, 15) is 4.79 Å². The predicted molar refractivity (Wildman–Crippen MR) is 73.6 cm³/mol. The summed E-state index contributed by atoms with van der Waals surface area (Å²) in [6.07, 6.45) is 3.20. The quantitative estimate of drug-likeness (QED) is 0.820. The number of ether oxygens (including phenoxy) is 1. The third kappa shape index (κ3) is 5.57. The van der Waals surface area contributed by atoms with Crippen LogP contribution in [-0.4, -0.2) is 56.2 Å². The third-order valence-electron chi connectivity index (χ3n) is 2.42. The Morgan fingerprint density at radius 2 is 2.28 bits per heavy atom. The molecular weight excluding hydrogens is 298 g/mol. The van der Waals surface area contributed by atoms with Gasteiger partial charge in [0.15, 0.2) is 0 Å². The van der Waals surface area contributed by atoms with E-state index in [2.05, 4.69) is 31.1 Å². The second kappa shape index (κ2) is 8.18. The van der Waals surface area contributed by atoms with Gasteiger partial charge in [-0.25, -0.2) is 0 Å². The molecule has 1 rings (SSSR count). The van der Waals surface area contributed by atoms with Crippen LogP contribution in [0.3, 0.4) is 0 Å². The molecule has 18 heavy (non-hydrogen) atoms. The number of amides is 1. The fourth-order valence-corrected chi connectivity index (χ4v) is 1.72. The van der Waals surface area contributed by atoms with Gasteiger partial charge in [-0.15, -0.1) is 0 Å². The van der Waals surface area contributed by atoms with E-state index < -0.39 is 0 Å². The molecule has 5 nitrogen and oxygen atoms in total. The molecule has 0 aliphatic heterocycles. The van der Waals surface area contributed by atoms with Crippen molar-refractivity contribution < 1.29 is 9.53 Å². The fourth-order valence-electron chi connectivity index (χ4n) is 1.36. The minimum atomic E-state index is -0.107. The zero-order valence-electron chi connectivity index (χ0n) is 10.6. The van der Waals surface area contributed by atoms with Crippen LogP contribution < -0.4 is 5.32 Å². The van der Waals surface area contributed by atoms with Crippen molar-refractivity contribution in [3.63, 3.8) is 0 Å². The van der Waals surface area contributed by atoms with Crippen molar-refractivity contribution in [3.8, 4) is 0 Å². The average molecular weight is 316 g/mol. The molecule has 1 aromatic rings. The minimum Gasteiger partial charge on any atom is -0.383 e. The van der Waals surface area contributed by atoms with Crippen LogP contribution in [0.25, 0.3) is 0 Å². The smallest absolute Gasteiger partial charge is 0.252 e. The van der Waals surface area contributed by atoms with Gasteiger partial charge in [-0.3, -0.25) is 9.78 Å². The highest BCUT2D eigenvalue weighted by atomic mass is 79.9. The van der Waals surface area contributed by atoms with Gasteiger partial charge in [0.1, 0.15) is 0 Å². The summed E-state index contributed by atoms with van der Waals surface area (Å²) >= 11 is 3.29. The number of hydrogen-bond donors (Lipinski definition) is 1. The maximum absolute atomic E-state index is 11.8. The van der Waals surface area contributed by atoms with E-state index in [1.54, 1.807) is 25.6 Å². The van der Waals surface area contributed by atoms with Crippen molar-refractivity contribution in [2.24, 2.45) is 0 Å². The van der Waals surface area contributed by atoms with Crippen LogP contribution in [0.1, 0.15) is 10.4 Å². The summed E-state index contributed by atoms with van der Waals surface area (Å²) in [5, 5.41) is 2.85. The van der Waals surface area contributed by atoms with Gasteiger partial charge in [0.2, 0.25) is 0 Å². The second-order valence-corrected chi connectivity index (χ2v) is 4.86. The molecule has 0 aliphatic rings. The van der Waals surface area contributed by atoms with E-state index >= 15 is 0 Å². The Morgan fingerprint density at radius 1 is 1.50 bits per heavy atom. The number of nitrogens with zero attached hydrogens (tertiary/aromatic N) is 2. The molecule has 0 spiro atoms. The Hall–Kier alpha value is -0.980. The van der Waals surface area contributed by atoms with Crippen LogP contribution in [-0.2, 0) is 4.74 Å². The van der Waals surface area contributed by atoms with Gasteiger partial charge in [0.05, 0.1) is 12.2 Å². The first kappa shape index (κ1) is 15.1. The summed E-state index contributed by atoms with van der Waals surface area (Å²) < 4.78 is 5.78. The maximum Gasteiger partial charge on any atom is 0.252 e. The second-order valence-electron chi connectivity index (χ2n) is 3.94. The van der Waals surface area contributed by atoms with Crippen LogP contribution in [0.15, 0.2) is 22.9 Å². The lowest BCUT2D eigenvalue weighted by Gasteiger charge is -2.16. The number of hydrogen-bond acceptors (Lipinski definition) is 4. The SMILES string of the molecule is COCCN(C)CCNC(=O)c1cncc(Br)c1. The highest BCUT2D eigenvalue weighted by Gasteiger charge is 2.06. The lowest BCUT2D eigenvalue weighted by molar-refractivity contribution is 0.0947. The summed E-state index contributed by atoms with van der Waals surface area (Å²) in [7, 11) is 3.67. The number of halogens is 1. The number of pyridine rings is 1. The number of carbonyl (C=O) groups excluding carboxylic acids is 1. The van der Waals surface area contributed by atoms with E-state index in [1.165, 1.54) is 0 Å². The van der Waals surface area contributed by atoms with Gasteiger partial charge >= 0.3 is 0 Å². The lowest BCUT2D eigenvalue weighted by atomic mass is 10.3. The molecule has 0 radical (unpaired) electrons. The number of aromatic nitrogens is 1. The molecule has 1 aromatic heterocycles. The van der Waals surface area contributed by atoms with Gasteiger partial charge in [0, 0.05) is 43.6 Å². The predicted octanol–water partition coefficient (Wildman–Crippen LogP) is 1.15. The van der Waals surface area contributed by atoms with Crippen LogP contribution in [0.4, 0.5) is 0 Å². The number of rotatable bonds is 7. The molecule has 0 fully saturated rings. The summed E-state index contributed by atoms with van der Waals surface area (Å²) in [6.45, 7) is 2.94. The van der Waals surface area contributed by atoms with Crippen LogP contribution in [0.2, 0.25) is 0 Å². The Morgan fingerprint density at radius 3 is 2.94 bits per heavy atom. The highest BCUT2D eigenvalue weighted by molar-refractivity contribution is 9.10. The summed E-state index contributed by atoms with van der Waals surface area (Å²) in [5.74, 6) is -0.107. The molecule has 6 heteroatoms. The number of likely N-dealkylation sites (N-methyl/N-ethyl adjacent to an activating group) is 1. The summed E-state index contributed by atoms with van der Waals surface area (Å²) in [5.41, 5.74) is 0.559. The van der Waals surface area contributed by atoms with E-state index in [4.69, 9.17) is 4.74 Å². The Kier molecular flexibility index (Phi) is 6.85. The van der Waals surface area contributed by atoms with Crippen molar-refractivity contribution in [1.29, 1.82) is 0 Å². The molecule has 0 aromatic carbocycles. The summed E-state index contributed by atoms with van der Waals surface area (Å²) in [6, 6.07) is 1.75. The number of nitrogens with one attached hydrogen (secondary N) is 1. The third-order valence-corrected chi connectivity index (χ3v) is 2.86. The van der Waals surface area contributed by atoms with Crippen molar-refractivity contribution in [1.82, 2.24) is 15.2 Å². The van der Waals surface area contributed by atoms with Gasteiger partial charge in [-0.1, -0.05) is 0 Å². The molecule has 0 atom stereocenters. The number of carbonyl (C=O) groups is 1. The molecule has 1 amide bonds. The molecule has 0 saturated heterocycles. The van der Waals surface area contributed by atoms with E-state index in [-0.39, 0.29) is 5.91 Å². The normalized spacial score (nSPS) is 10.7. The zero-order chi connectivity index (χ0) is 13.4. The standard InChI is InChI=1S/C12H18BrN3O2/c1-16(5-6-18-2)4-3-15-12(17)10-7-11(13)9-14-8-10/h7-9H,3-6H2,1-2H3,(H,15,17). The first-order chi connectivity index (χ1) is 8.63. The first-order valence-corrected chi connectivity index (χ1v) is 6.49. The monoisotopic (exact) mass is 315 g/mol. The zero-order valence-corrected chi connectivity index (χ0v) is 12.2. The van der Waals surface area contributed by atoms with Crippen molar-refractivity contribution in [3.05, 3.63) is 28.5 Å². The van der Waals surface area contributed by atoms with Crippen LogP contribution in [0.5, 0.6) is 0 Å². The molecule has 100 valence electrons. The van der Waals surface area contributed by atoms with Crippen LogP contribution in [0, 0.1) is 0 Å². The van der Waals surface area contributed by atoms with E-state index in [0.29, 0.717) is 18.7 Å². The van der Waals surface area contributed by atoms with Gasteiger partial charge < -0.3 is 15.0 Å². The molecule has 0 saturated carbocycles. The average Bonchev–Trinajstić information content (AvgIpc) is 2.36. The topological polar surface area (TPSA) is 54.5 Å². The van der Waals surface area contributed by atoms with E-state index in [0.717, 1.165) is 17.6 Å². The van der Waals surface area contributed by atoms with E-state index in [1.807, 2.05) is 7.05 Å². The van der Waals surface area contributed by atoms with Gasteiger partial charge in [0.25, 0.3) is 5.91 Å². The first-order valence-electron chi connectivity index (χ1n) is 5.69. The molecule has 0 bridgehead atoms. The Labute approximate surface area is 116 Å². The van der Waals surface area contributed by atoms with Gasteiger partial charge in [-0.05, 0) is 29.0 Å². The molecular formula is C12H18BrN3O2.